The lowest BCUT2D eigenvalue weighted by Crippen LogP contribution is -2.28. The van der Waals surface area contributed by atoms with Crippen molar-refractivity contribution in [3.8, 4) is 67.3 Å². The van der Waals surface area contributed by atoms with Crippen LogP contribution >= 0.6 is 0 Å². The van der Waals surface area contributed by atoms with Crippen LogP contribution in [-0.4, -0.2) is 16.0 Å². The minimum absolute atomic E-state index is 0.239. The van der Waals surface area contributed by atoms with Crippen LogP contribution < -0.4 is 4.90 Å². The maximum absolute atomic E-state index is 5.16. The molecule has 1 aromatic heterocycles. The molecule has 0 amide bonds. The van der Waals surface area contributed by atoms with Gasteiger partial charge >= 0.3 is 0 Å². The number of allylic oxidation sites excluding steroid dienone is 2. The van der Waals surface area contributed by atoms with E-state index in [2.05, 4.69) is 205 Å². The van der Waals surface area contributed by atoms with Gasteiger partial charge in [0.2, 0.25) is 0 Å². The topological polar surface area (TPSA) is 29.0 Å². The van der Waals surface area contributed by atoms with E-state index in [1.807, 2.05) is 24.3 Å². The van der Waals surface area contributed by atoms with Gasteiger partial charge in [0.15, 0.2) is 5.82 Å². The Morgan fingerprint density at radius 1 is 0.373 bits per heavy atom. The molecule has 0 bridgehead atoms. The first-order valence-corrected chi connectivity index (χ1v) is 20.3. The van der Waals surface area contributed by atoms with Crippen molar-refractivity contribution in [2.75, 3.05) is 4.90 Å². The van der Waals surface area contributed by atoms with Crippen LogP contribution in [0, 0.1) is 0 Å². The predicted octanol–water partition coefficient (Wildman–Crippen LogP) is 14.4. The summed E-state index contributed by atoms with van der Waals surface area (Å²) in [6.45, 7) is 0. The van der Waals surface area contributed by atoms with Crippen LogP contribution in [0.15, 0.2) is 224 Å². The monoisotopic (exact) mass is 753 g/mol. The van der Waals surface area contributed by atoms with Crippen LogP contribution in [0.1, 0.15) is 11.5 Å². The summed E-state index contributed by atoms with van der Waals surface area (Å²) in [5.74, 6) is 1.03. The predicted molar refractivity (Wildman–Crippen MR) is 246 cm³/mol. The number of hydrogen-bond donors (Lipinski definition) is 0. The largest absolute Gasteiger partial charge is 0.333 e. The number of benzene rings is 8. The summed E-state index contributed by atoms with van der Waals surface area (Å²) in [6.07, 6.45) is 9.06. The van der Waals surface area contributed by atoms with Crippen molar-refractivity contribution in [3.05, 3.63) is 230 Å². The fourth-order valence-corrected chi connectivity index (χ4v) is 8.94. The van der Waals surface area contributed by atoms with E-state index in [0.29, 0.717) is 11.7 Å². The fraction of sp³-hybridized carbons (Fsp3) is 0.0357. The molecule has 59 heavy (non-hydrogen) atoms. The van der Waals surface area contributed by atoms with Gasteiger partial charge in [-0.25, -0.2) is 9.97 Å². The molecule has 0 spiro atoms. The van der Waals surface area contributed by atoms with Crippen LogP contribution in [0.3, 0.4) is 0 Å². The maximum atomic E-state index is 5.16. The highest BCUT2D eigenvalue weighted by Crippen LogP contribution is 2.49. The number of fused-ring (bicyclic) bond motifs is 4. The van der Waals surface area contributed by atoms with E-state index in [-0.39, 0.29) is 6.04 Å². The van der Waals surface area contributed by atoms with Crippen molar-refractivity contribution < 1.29 is 0 Å². The molecule has 0 fully saturated rings. The highest BCUT2D eigenvalue weighted by atomic mass is 15.2. The molecular weight excluding hydrogens is 715 g/mol. The van der Waals surface area contributed by atoms with E-state index >= 15 is 0 Å². The van der Waals surface area contributed by atoms with E-state index in [1.165, 1.54) is 55.7 Å². The highest BCUT2D eigenvalue weighted by Gasteiger charge is 2.37. The van der Waals surface area contributed by atoms with Gasteiger partial charge in [-0.2, -0.15) is 0 Å². The Kier molecular flexibility index (Phi) is 8.63. The molecule has 9 aromatic rings. The Morgan fingerprint density at radius 2 is 0.898 bits per heavy atom. The zero-order valence-corrected chi connectivity index (χ0v) is 32.4. The Hall–Kier alpha value is -7.62. The van der Waals surface area contributed by atoms with E-state index in [0.717, 1.165) is 33.5 Å². The van der Waals surface area contributed by atoms with Crippen molar-refractivity contribution >= 4 is 22.1 Å². The molecule has 3 nitrogen and oxygen atoms in total. The van der Waals surface area contributed by atoms with Gasteiger partial charge in [-0.1, -0.05) is 200 Å². The van der Waals surface area contributed by atoms with Crippen molar-refractivity contribution in [2.24, 2.45) is 0 Å². The van der Waals surface area contributed by atoms with Crippen LogP contribution in [0.25, 0.3) is 78.1 Å². The molecule has 1 aliphatic carbocycles. The highest BCUT2D eigenvalue weighted by molar-refractivity contribution is 6.05. The molecule has 11 rings (SSSR count). The first kappa shape index (κ1) is 34.6. The zero-order valence-electron chi connectivity index (χ0n) is 32.4. The van der Waals surface area contributed by atoms with Crippen LogP contribution in [0.5, 0.6) is 0 Å². The van der Waals surface area contributed by atoms with Crippen molar-refractivity contribution in [2.45, 2.75) is 12.0 Å². The van der Waals surface area contributed by atoms with Gasteiger partial charge in [0, 0.05) is 34.0 Å². The Balaban J connectivity index is 0.943. The standard InChI is InChI=1S/C56H39N3/c1-4-14-38(15-5-1)39-28-31-45(32-29-39)59-54-23-13-12-22-50(54)51-33-30-44(36-55(51)59)40-24-26-41(27-25-40)46-34-35-49(48-21-11-10-20-47(46)48)53-37-52(42-16-6-2-7-17-42)57-56(58-53)43-18-8-3-9-19-43/h1-37,50,54H. The van der Waals surface area contributed by atoms with Crippen molar-refractivity contribution in [1.82, 2.24) is 9.97 Å². The van der Waals surface area contributed by atoms with Crippen LogP contribution in [0.4, 0.5) is 11.4 Å². The van der Waals surface area contributed by atoms with Crippen LogP contribution in [0.2, 0.25) is 0 Å². The summed E-state index contributed by atoms with van der Waals surface area (Å²) < 4.78 is 0. The molecule has 8 aromatic carbocycles. The van der Waals surface area contributed by atoms with E-state index in [1.54, 1.807) is 0 Å². The quantitative estimate of drug-likeness (QED) is 0.162. The lowest BCUT2D eigenvalue weighted by Gasteiger charge is -2.29. The average molecular weight is 754 g/mol. The normalized spacial score (nSPS) is 15.3. The van der Waals surface area contributed by atoms with E-state index < -0.39 is 0 Å². The number of hydrogen-bond acceptors (Lipinski definition) is 3. The van der Waals surface area contributed by atoms with Crippen LogP contribution in [-0.2, 0) is 0 Å². The molecule has 3 heteroatoms. The molecule has 1 aliphatic heterocycles. The summed E-state index contributed by atoms with van der Waals surface area (Å²) in [4.78, 5) is 12.7. The van der Waals surface area contributed by atoms with Gasteiger partial charge in [0.25, 0.3) is 0 Å². The SMILES string of the molecule is C1=CC2c3ccc(-c4ccc(-c5ccc(-c6cc(-c7ccccc7)nc(-c7ccccc7)n6)c6ccccc56)cc4)cc3N(c3ccc(-c4ccccc4)cc3)C2C=C1. The molecule has 2 aliphatic rings. The van der Waals surface area contributed by atoms with Gasteiger partial charge in [-0.05, 0) is 74.0 Å². The summed E-state index contributed by atoms with van der Waals surface area (Å²) in [7, 11) is 0. The van der Waals surface area contributed by atoms with Gasteiger partial charge < -0.3 is 4.90 Å². The first-order chi connectivity index (χ1) is 29.2. The number of rotatable bonds is 7. The minimum atomic E-state index is 0.239. The molecule has 2 heterocycles. The molecule has 278 valence electrons. The second kappa shape index (κ2) is 14.7. The molecular formula is C56H39N3. The van der Waals surface area contributed by atoms with Gasteiger partial charge in [-0.3, -0.25) is 0 Å². The first-order valence-electron chi connectivity index (χ1n) is 20.3. The molecule has 0 radical (unpaired) electrons. The lowest BCUT2D eigenvalue weighted by molar-refractivity contribution is 0.745. The fourth-order valence-electron chi connectivity index (χ4n) is 8.94. The Morgan fingerprint density at radius 3 is 1.63 bits per heavy atom. The summed E-state index contributed by atoms with van der Waals surface area (Å²) in [5, 5.41) is 2.35. The van der Waals surface area contributed by atoms with Crippen molar-refractivity contribution in [3.63, 3.8) is 0 Å². The van der Waals surface area contributed by atoms with E-state index in [9.17, 15) is 0 Å². The van der Waals surface area contributed by atoms with Gasteiger partial charge in [0.1, 0.15) is 0 Å². The molecule has 0 saturated heterocycles. The number of anilines is 2. The maximum Gasteiger partial charge on any atom is 0.160 e. The second-order valence-electron chi connectivity index (χ2n) is 15.3. The smallest absolute Gasteiger partial charge is 0.160 e. The molecule has 2 atom stereocenters. The summed E-state index contributed by atoms with van der Waals surface area (Å²) in [5.41, 5.74) is 16.0. The van der Waals surface area contributed by atoms with Gasteiger partial charge in [0.05, 0.1) is 17.4 Å². The lowest BCUT2D eigenvalue weighted by atomic mass is 9.90. The molecule has 0 N–H and O–H groups in total. The second-order valence-corrected chi connectivity index (χ2v) is 15.3. The minimum Gasteiger partial charge on any atom is -0.333 e. The van der Waals surface area contributed by atoms with E-state index in [4.69, 9.17) is 9.97 Å². The average Bonchev–Trinajstić information content (AvgIpc) is 3.65. The number of nitrogens with zero attached hydrogens (tertiary/aromatic N) is 3. The van der Waals surface area contributed by atoms with Crippen molar-refractivity contribution in [1.29, 1.82) is 0 Å². The zero-order chi connectivity index (χ0) is 39.1. The Bertz CT molecular complexity index is 2970. The molecule has 2 unspecified atom stereocenters. The Labute approximate surface area is 345 Å². The third-order valence-corrected chi connectivity index (χ3v) is 11.9. The molecule has 0 saturated carbocycles. The third-order valence-electron chi connectivity index (χ3n) is 11.9. The summed E-state index contributed by atoms with van der Waals surface area (Å²) >= 11 is 0. The summed E-state index contributed by atoms with van der Waals surface area (Å²) in [6, 6.07) is 71.8. The third kappa shape index (κ3) is 6.34. The number of aromatic nitrogens is 2. The van der Waals surface area contributed by atoms with Gasteiger partial charge in [-0.15, -0.1) is 0 Å².